The Bertz CT molecular complexity index is 2090. The van der Waals surface area contributed by atoms with Gasteiger partial charge in [-0.25, -0.2) is 4.98 Å². The van der Waals surface area contributed by atoms with Crippen LogP contribution in [0.3, 0.4) is 0 Å². The zero-order chi connectivity index (χ0) is 32.3. The predicted octanol–water partition coefficient (Wildman–Crippen LogP) is 2.78. The molecule has 5 aromatic rings. The largest absolute Gasteiger partial charge is 0.490 e. The van der Waals surface area contributed by atoms with Crippen LogP contribution in [-0.4, -0.2) is 102 Å². The number of para-hydroxylation sites is 1. The molecule has 8 rings (SSSR count). The van der Waals surface area contributed by atoms with Crippen molar-refractivity contribution in [1.82, 2.24) is 38.1 Å². The highest BCUT2D eigenvalue weighted by atomic mass is 32.2. The van der Waals surface area contributed by atoms with Gasteiger partial charge in [0.1, 0.15) is 25.0 Å². The highest BCUT2D eigenvalue weighted by molar-refractivity contribution is 7.83. The molecule has 1 amide bonds. The Balaban J connectivity index is 1.12. The van der Waals surface area contributed by atoms with Gasteiger partial charge >= 0.3 is 10.3 Å². The van der Waals surface area contributed by atoms with Gasteiger partial charge in [0.2, 0.25) is 0 Å². The van der Waals surface area contributed by atoms with Crippen molar-refractivity contribution in [2.24, 2.45) is 13.0 Å². The van der Waals surface area contributed by atoms with E-state index in [-0.39, 0.29) is 32.2 Å². The van der Waals surface area contributed by atoms with Crippen molar-refractivity contribution in [2.75, 3.05) is 39.5 Å². The third-order valence-electron chi connectivity index (χ3n) is 9.50. The van der Waals surface area contributed by atoms with Gasteiger partial charge < -0.3 is 28.1 Å². The molecule has 2 fully saturated rings. The Morgan fingerprint density at radius 1 is 1.09 bits per heavy atom. The molecule has 5 heterocycles. The normalized spacial score (nSPS) is 19.1. The molecule has 3 aromatic heterocycles. The van der Waals surface area contributed by atoms with E-state index in [9.17, 15) is 17.8 Å². The minimum atomic E-state index is -4.41. The second kappa shape index (κ2) is 11.7. The summed E-state index contributed by atoms with van der Waals surface area (Å²) < 4.78 is 52.8. The highest BCUT2D eigenvalue weighted by Crippen LogP contribution is 2.39. The molecule has 3 aliphatic rings. The predicted molar refractivity (Wildman–Crippen MR) is 172 cm³/mol. The SMILES string of the molecule is Cn1c(-c2cc3cccc(OCCn4cnnc4)c3n2CC2CC2)nc2cc3c(cc21)CCN(C[C@H]1COCCN1S(=O)(=O)O)C3=O. The Labute approximate surface area is 271 Å². The van der Waals surface area contributed by atoms with Crippen LogP contribution >= 0.6 is 0 Å². The summed E-state index contributed by atoms with van der Waals surface area (Å²) in [5.41, 5.74) is 5.18. The molecule has 246 valence electrons. The maximum absolute atomic E-state index is 13.7. The van der Waals surface area contributed by atoms with Gasteiger partial charge in [0.25, 0.3) is 5.91 Å². The van der Waals surface area contributed by atoms with Gasteiger partial charge in [0.05, 0.1) is 48.0 Å². The number of hydrogen-bond acceptors (Lipinski definition) is 8. The molecule has 1 N–H and O–H groups in total. The highest BCUT2D eigenvalue weighted by Gasteiger charge is 2.36. The first kappa shape index (κ1) is 30.1. The van der Waals surface area contributed by atoms with Crippen LogP contribution in [0.15, 0.2) is 49.1 Å². The quantitative estimate of drug-likeness (QED) is 0.223. The summed E-state index contributed by atoms with van der Waals surface area (Å²) in [5.74, 6) is 2.05. The molecular weight excluding hydrogens is 624 g/mol. The molecule has 0 radical (unpaired) electrons. The van der Waals surface area contributed by atoms with Gasteiger partial charge in [-0.15, -0.1) is 10.2 Å². The number of amides is 1. The van der Waals surface area contributed by atoms with E-state index in [4.69, 9.17) is 14.5 Å². The Morgan fingerprint density at radius 3 is 2.70 bits per heavy atom. The van der Waals surface area contributed by atoms with Crippen molar-refractivity contribution < 1.29 is 27.2 Å². The molecule has 1 aliphatic carbocycles. The van der Waals surface area contributed by atoms with E-state index in [0.717, 1.165) is 50.1 Å². The van der Waals surface area contributed by atoms with Crippen molar-refractivity contribution in [3.8, 4) is 17.3 Å². The van der Waals surface area contributed by atoms with E-state index >= 15 is 0 Å². The van der Waals surface area contributed by atoms with E-state index in [1.54, 1.807) is 17.6 Å². The maximum Gasteiger partial charge on any atom is 0.336 e. The summed E-state index contributed by atoms with van der Waals surface area (Å²) in [5, 5.41) is 8.81. The first-order valence-electron chi connectivity index (χ1n) is 15.9. The first-order chi connectivity index (χ1) is 22.7. The standard InChI is InChI=1S/C32H36N8O6S/c1-36-27-13-22-7-8-38(17-24-18-45-11-10-40(24)47(42,43)44)32(41)25(22)15-26(27)35-31(36)28-14-23-3-2-4-29(30(23)39(28)16-21-5-6-21)46-12-9-37-19-33-34-20-37/h2-4,13-15,19-21,24H,5-12,16-18H2,1H3,(H,42,43,44)/t24-/m0/s1. The topological polar surface area (TPSA) is 150 Å². The minimum Gasteiger partial charge on any atom is -0.490 e. The number of nitrogens with zero attached hydrogens (tertiary/aromatic N) is 8. The zero-order valence-electron chi connectivity index (χ0n) is 26.0. The molecule has 15 heteroatoms. The number of carbonyl (C=O) groups is 1. The Morgan fingerprint density at radius 2 is 1.91 bits per heavy atom. The lowest BCUT2D eigenvalue weighted by molar-refractivity contribution is 0.0142. The summed E-state index contributed by atoms with van der Waals surface area (Å²) >= 11 is 0. The summed E-state index contributed by atoms with van der Waals surface area (Å²) in [6.07, 6.45) is 6.36. The number of aryl methyl sites for hydroxylation is 1. The maximum atomic E-state index is 13.7. The number of fused-ring (bicyclic) bond motifs is 3. The fraction of sp³-hybridized carbons (Fsp3) is 0.438. The molecule has 1 atom stereocenters. The van der Waals surface area contributed by atoms with Gasteiger partial charge in [-0.2, -0.15) is 12.7 Å². The average Bonchev–Trinajstić information content (AvgIpc) is 3.42. The summed E-state index contributed by atoms with van der Waals surface area (Å²) in [4.78, 5) is 20.5. The van der Waals surface area contributed by atoms with Crippen molar-refractivity contribution in [1.29, 1.82) is 0 Å². The second-order valence-corrected chi connectivity index (χ2v) is 14.0. The van der Waals surface area contributed by atoms with Gasteiger partial charge in [-0.05, 0) is 55.0 Å². The van der Waals surface area contributed by atoms with Crippen LogP contribution in [0.2, 0.25) is 0 Å². The fourth-order valence-electron chi connectivity index (χ4n) is 6.90. The number of benzene rings is 2. The third kappa shape index (κ3) is 5.66. The number of hydrogen-bond donors (Lipinski definition) is 1. The Hall–Kier alpha value is -4.31. The van der Waals surface area contributed by atoms with Crippen LogP contribution in [0.1, 0.15) is 28.8 Å². The number of carbonyl (C=O) groups excluding carboxylic acids is 1. The van der Waals surface area contributed by atoms with Crippen molar-refractivity contribution in [3.05, 3.63) is 60.2 Å². The number of aromatic nitrogens is 6. The molecule has 0 bridgehead atoms. The van der Waals surface area contributed by atoms with Gasteiger partial charge in [0, 0.05) is 44.2 Å². The average molecular weight is 661 g/mol. The number of ether oxygens (including phenoxy) is 2. The first-order valence-corrected chi connectivity index (χ1v) is 17.3. The second-order valence-electron chi connectivity index (χ2n) is 12.6. The summed E-state index contributed by atoms with van der Waals surface area (Å²) in [6, 6.07) is 11.6. The third-order valence-corrected chi connectivity index (χ3v) is 10.6. The van der Waals surface area contributed by atoms with E-state index in [1.165, 1.54) is 12.8 Å². The van der Waals surface area contributed by atoms with Crippen LogP contribution in [0.4, 0.5) is 0 Å². The molecule has 14 nitrogen and oxygen atoms in total. The van der Waals surface area contributed by atoms with Crippen LogP contribution < -0.4 is 4.74 Å². The minimum absolute atomic E-state index is 0.0494. The lowest BCUT2D eigenvalue weighted by atomic mass is 9.97. The molecule has 47 heavy (non-hydrogen) atoms. The van der Waals surface area contributed by atoms with Crippen LogP contribution in [0.5, 0.6) is 5.75 Å². The lowest BCUT2D eigenvalue weighted by Crippen LogP contribution is -2.55. The Kier molecular flexibility index (Phi) is 7.50. The number of imidazole rings is 1. The summed E-state index contributed by atoms with van der Waals surface area (Å²) in [7, 11) is -2.40. The van der Waals surface area contributed by atoms with E-state index in [1.807, 2.05) is 29.8 Å². The van der Waals surface area contributed by atoms with Crippen LogP contribution in [0.25, 0.3) is 33.5 Å². The zero-order valence-corrected chi connectivity index (χ0v) is 26.8. The van der Waals surface area contributed by atoms with E-state index in [0.29, 0.717) is 43.1 Å². The summed E-state index contributed by atoms with van der Waals surface area (Å²) in [6.45, 7) is 2.91. The van der Waals surface area contributed by atoms with Crippen LogP contribution in [-0.2, 0) is 41.6 Å². The molecule has 0 unspecified atom stereocenters. The molecule has 2 aromatic carbocycles. The van der Waals surface area contributed by atoms with Crippen molar-refractivity contribution >= 4 is 38.1 Å². The van der Waals surface area contributed by atoms with Crippen molar-refractivity contribution in [2.45, 2.75) is 38.4 Å². The van der Waals surface area contributed by atoms with Gasteiger partial charge in [-0.3, -0.25) is 9.35 Å². The van der Waals surface area contributed by atoms with Crippen molar-refractivity contribution in [3.63, 3.8) is 0 Å². The van der Waals surface area contributed by atoms with Gasteiger partial charge in [0.15, 0.2) is 5.82 Å². The molecule has 0 spiro atoms. The number of rotatable bonds is 10. The molecule has 1 saturated heterocycles. The van der Waals surface area contributed by atoms with E-state index in [2.05, 4.69) is 37.5 Å². The molecular formula is C32H36N8O6S. The smallest absolute Gasteiger partial charge is 0.336 e. The lowest BCUT2D eigenvalue weighted by Gasteiger charge is -2.37. The number of morpholine rings is 1. The van der Waals surface area contributed by atoms with Crippen LogP contribution in [0, 0.1) is 5.92 Å². The van der Waals surface area contributed by atoms with Gasteiger partial charge in [-0.1, -0.05) is 12.1 Å². The monoisotopic (exact) mass is 660 g/mol. The van der Waals surface area contributed by atoms with E-state index < -0.39 is 16.3 Å². The molecule has 1 saturated carbocycles. The molecule has 2 aliphatic heterocycles. The fourth-order valence-corrected chi connectivity index (χ4v) is 7.71.